The minimum Gasteiger partial charge on any atom is -0.493 e. The van der Waals surface area contributed by atoms with Gasteiger partial charge in [-0.15, -0.1) is 0 Å². The van der Waals surface area contributed by atoms with E-state index in [0.717, 1.165) is 24.2 Å². The van der Waals surface area contributed by atoms with Crippen molar-refractivity contribution >= 4 is 16.8 Å². The average molecular weight is 481 g/mol. The fourth-order valence-corrected chi connectivity index (χ4v) is 4.42. The van der Waals surface area contributed by atoms with Crippen LogP contribution in [0.5, 0.6) is 11.5 Å². The highest BCUT2D eigenvalue weighted by atomic mass is 16.5. The Balaban J connectivity index is 1.44. The van der Waals surface area contributed by atoms with Gasteiger partial charge in [-0.1, -0.05) is 18.2 Å². The molecule has 1 atom stereocenters. The van der Waals surface area contributed by atoms with Gasteiger partial charge >= 0.3 is 0 Å². The molecule has 2 heterocycles. The van der Waals surface area contributed by atoms with E-state index in [9.17, 15) is 9.59 Å². The minimum absolute atomic E-state index is 0.0457. The molecule has 35 heavy (non-hydrogen) atoms. The van der Waals surface area contributed by atoms with Crippen LogP contribution in [-0.2, 0) is 16.1 Å². The predicted molar refractivity (Wildman–Crippen MR) is 133 cm³/mol. The van der Waals surface area contributed by atoms with E-state index in [1.165, 1.54) is 10.9 Å². The Kier molecular flexibility index (Phi) is 7.99. The number of amides is 1. The lowest BCUT2D eigenvalue weighted by molar-refractivity contribution is -0.121. The van der Waals surface area contributed by atoms with Crippen LogP contribution in [0.3, 0.4) is 0 Å². The van der Waals surface area contributed by atoms with Crippen LogP contribution in [0.25, 0.3) is 10.9 Å². The van der Waals surface area contributed by atoms with E-state index < -0.39 is 0 Å². The molecule has 1 aromatic heterocycles. The number of aromatic nitrogens is 2. The summed E-state index contributed by atoms with van der Waals surface area (Å²) in [6, 6.07) is 11.3. The van der Waals surface area contributed by atoms with Crippen LogP contribution >= 0.6 is 0 Å². The van der Waals surface area contributed by atoms with Crippen LogP contribution in [0.4, 0.5) is 0 Å². The van der Waals surface area contributed by atoms with Gasteiger partial charge in [0.2, 0.25) is 5.91 Å². The van der Waals surface area contributed by atoms with Crippen molar-refractivity contribution in [1.29, 1.82) is 0 Å². The molecular weight excluding hydrogens is 448 g/mol. The Morgan fingerprint density at radius 2 is 1.91 bits per heavy atom. The van der Waals surface area contributed by atoms with Crippen molar-refractivity contribution < 1.29 is 19.0 Å². The van der Waals surface area contributed by atoms with Crippen molar-refractivity contribution in [2.75, 3.05) is 47.1 Å². The molecule has 0 radical (unpaired) electrons. The van der Waals surface area contributed by atoms with Crippen molar-refractivity contribution in [2.24, 2.45) is 0 Å². The number of methoxy groups -OCH3 is 2. The molecule has 9 nitrogen and oxygen atoms in total. The third-order valence-corrected chi connectivity index (χ3v) is 6.41. The van der Waals surface area contributed by atoms with Crippen LogP contribution < -0.4 is 20.3 Å². The number of carbonyl (C=O) groups is 1. The second-order valence-electron chi connectivity index (χ2n) is 8.55. The standard InChI is InChI=1S/C26H32N4O5/c1-18-5-4-6-20-25(18)28-17-30(26(20)32)10-9-24(31)27-16-21(29-11-13-35-14-12-29)19-7-8-22(33-2)23(15-19)34-3/h4-8,15,17,21H,9-14,16H2,1-3H3,(H,27,31). The summed E-state index contributed by atoms with van der Waals surface area (Å²) in [6.07, 6.45) is 1.70. The number of carbonyl (C=O) groups excluding carboxylic acids is 1. The molecule has 186 valence electrons. The van der Waals surface area contributed by atoms with Gasteiger partial charge < -0.3 is 19.5 Å². The predicted octanol–water partition coefficient (Wildman–Crippen LogP) is 2.30. The smallest absolute Gasteiger partial charge is 0.261 e. The number of fused-ring (bicyclic) bond motifs is 1. The van der Waals surface area contributed by atoms with Gasteiger partial charge in [0, 0.05) is 32.6 Å². The van der Waals surface area contributed by atoms with E-state index in [-0.39, 0.29) is 30.5 Å². The summed E-state index contributed by atoms with van der Waals surface area (Å²) in [5.41, 5.74) is 2.54. The molecule has 0 bridgehead atoms. The van der Waals surface area contributed by atoms with Crippen molar-refractivity contribution in [3.63, 3.8) is 0 Å². The van der Waals surface area contributed by atoms with Gasteiger partial charge in [0.15, 0.2) is 11.5 Å². The largest absolute Gasteiger partial charge is 0.493 e. The number of nitrogens with one attached hydrogen (secondary N) is 1. The molecule has 1 unspecified atom stereocenters. The number of hydrogen-bond acceptors (Lipinski definition) is 7. The summed E-state index contributed by atoms with van der Waals surface area (Å²) in [4.78, 5) is 32.3. The van der Waals surface area contributed by atoms with Crippen LogP contribution in [-0.4, -0.2) is 67.4 Å². The van der Waals surface area contributed by atoms with Crippen LogP contribution in [0.1, 0.15) is 23.6 Å². The summed E-state index contributed by atoms with van der Waals surface area (Å²) >= 11 is 0. The summed E-state index contributed by atoms with van der Waals surface area (Å²) < 4.78 is 17.9. The maximum absolute atomic E-state index is 12.8. The number of nitrogens with zero attached hydrogens (tertiary/aromatic N) is 3. The lowest BCUT2D eigenvalue weighted by atomic mass is 10.0. The Labute approximate surface area is 204 Å². The molecule has 9 heteroatoms. The third kappa shape index (κ3) is 5.63. The van der Waals surface area contributed by atoms with Crippen LogP contribution in [0.15, 0.2) is 47.5 Å². The second kappa shape index (κ2) is 11.3. The molecule has 1 N–H and O–H groups in total. The normalized spacial score (nSPS) is 15.1. The molecule has 1 amide bonds. The summed E-state index contributed by atoms with van der Waals surface area (Å²) in [5.74, 6) is 1.18. The van der Waals surface area contributed by atoms with E-state index in [1.807, 2.05) is 37.3 Å². The van der Waals surface area contributed by atoms with E-state index >= 15 is 0 Å². The SMILES string of the molecule is COc1ccc(C(CNC(=O)CCn2cnc3c(C)cccc3c2=O)N2CCOCC2)cc1OC. The van der Waals surface area contributed by atoms with Crippen LogP contribution in [0, 0.1) is 6.92 Å². The highest BCUT2D eigenvalue weighted by molar-refractivity contribution is 5.80. The number of aryl methyl sites for hydroxylation is 2. The Bertz CT molecular complexity index is 1240. The molecule has 2 aromatic carbocycles. The molecule has 1 aliphatic rings. The zero-order valence-electron chi connectivity index (χ0n) is 20.5. The van der Waals surface area contributed by atoms with Crippen molar-refractivity contribution in [3.05, 3.63) is 64.2 Å². The third-order valence-electron chi connectivity index (χ3n) is 6.41. The van der Waals surface area contributed by atoms with Gasteiger partial charge in [0.1, 0.15) is 0 Å². The van der Waals surface area contributed by atoms with Crippen molar-refractivity contribution in [1.82, 2.24) is 19.8 Å². The molecule has 0 spiro atoms. The highest BCUT2D eigenvalue weighted by Gasteiger charge is 2.24. The number of ether oxygens (including phenoxy) is 3. The number of rotatable bonds is 9. The summed E-state index contributed by atoms with van der Waals surface area (Å²) in [6.45, 7) is 5.46. The second-order valence-corrected chi connectivity index (χ2v) is 8.55. The quantitative estimate of drug-likeness (QED) is 0.502. The fraction of sp³-hybridized carbons (Fsp3) is 0.423. The number of hydrogen-bond donors (Lipinski definition) is 1. The maximum Gasteiger partial charge on any atom is 0.261 e. The molecule has 3 aromatic rings. The van der Waals surface area contributed by atoms with Gasteiger partial charge in [-0.25, -0.2) is 4.98 Å². The van der Waals surface area contributed by atoms with E-state index in [1.54, 1.807) is 20.3 Å². The van der Waals surface area contributed by atoms with Gasteiger partial charge in [0.05, 0.1) is 50.7 Å². The average Bonchev–Trinajstić information content (AvgIpc) is 2.89. The molecule has 1 aliphatic heterocycles. The van der Waals surface area contributed by atoms with Crippen LogP contribution in [0.2, 0.25) is 0 Å². The molecule has 4 rings (SSSR count). The minimum atomic E-state index is -0.136. The first-order valence-electron chi connectivity index (χ1n) is 11.8. The molecule has 0 saturated carbocycles. The fourth-order valence-electron chi connectivity index (χ4n) is 4.42. The topological polar surface area (TPSA) is 94.9 Å². The molecule has 0 aliphatic carbocycles. The first-order valence-corrected chi connectivity index (χ1v) is 11.8. The first kappa shape index (κ1) is 24.7. The van der Waals surface area contributed by atoms with Gasteiger partial charge in [0.25, 0.3) is 5.56 Å². The zero-order chi connectivity index (χ0) is 24.8. The number of para-hydroxylation sites is 1. The summed E-state index contributed by atoms with van der Waals surface area (Å²) in [7, 11) is 3.22. The van der Waals surface area contributed by atoms with Gasteiger partial charge in [-0.05, 0) is 36.2 Å². The lowest BCUT2D eigenvalue weighted by Gasteiger charge is -2.35. The Morgan fingerprint density at radius 3 is 2.66 bits per heavy atom. The highest BCUT2D eigenvalue weighted by Crippen LogP contribution is 2.32. The molecule has 1 fully saturated rings. The van der Waals surface area contributed by atoms with Gasteiger partial charge in [-0.3, -0.25) is 19.1 Å². The van der Waals surface area contributed by atoms with Crippen molar-refractivity contribution in [2.45, 2.75) is 25.9 Å². The molecular formula is C26H32N4O5. The maximum atomic E-state index is 12.8. The summed E-state index contributed by atoms with van der Waals surface area (Å²) in [5, 5.41) is 3.61. The first-order chi connectivity index (χ1) is 17.0. The Morgan fingerprint density at radius 1 is 1.14 bits per heavy atom. The number of benzene rings is 2. The Hall–Kier alpha value is -3.43. The van der Waals surface area contributed by atoms with E-state index in [0.29, 0.717) is 42.2 Å². The van der Waals surface area contributed by atoms with Gasteiger partial charge in [-0.2, -0.15) is 0 Å². The molecule has 1 saturated heterocycles. The monoisotopic (exact) mass is 480 g/mol. The zero-order valence-corrected chi connectivity index (χ0v) is 20.5. The van der Waals surface area contributed by atoms with Crippen molar-refractivity contribution in [3.8, 4) is 11.5 Å². The number of morpholine rings is 1. The van der Waals surface area contributed by atoms with E-state index in [2.05, 4.69) is 15.2 Å². The lowest BCUT2D eigenvalue weighted by Crippen LogP contribution is -2.44. The van der Waals surface area contributed by atoms with E-state index in [4.69, 9.17) is 14.2 Å².